The highest BCUT2D eigenvalue weighted by molar-refractivity contribution is 5.88. The van der Waals surface area contributed by atoms with Gasteiger partial charge in [0.25, 0.3) is 0 Å². The lowest BCUT2D eigenvalue weighted by atomic mass is 9.84. The molecule has 0 saturated heterocycles. The van der Waals surface area contributed by atoms with Gasteiger partial charge in [-0.2, -0.15) is 0 Å². The van der Waals surface area contributed by atoms with Gasteiger partial charge in [0.1, 0.15) is 0 Å². The maximum absolute atomic E-state index is 11.0. The highest BCUT2D eigenvalue weighted by Crippen LogP contribution is 2.28. The van der Waals surface area contributed by atoms with Gasteiger partial charge in [-0.15, -0.1) is 0 Å². The Hall–Kier alpha value is -2.62. The fourth-order valence-electron chi connectivity index (χ4n) is 2.47. The Morgan fingerprint density at radius 1 is 1.08 bits per heavy atom. The number of benzene rings is 2. The molecule has 0 aromatic heterocycles. The molecule has 0 aliphatic rings. The van der Waals surface area contributed by atoms with Crippen LogP contribution in [-0.2, 0) is 0 Å². The van der Waals surface area contributed by atoms with E-state index < -0.39 is 5.97 Å². The second kappa shape index (κ2) is 7.51. The monoisotopic (exact) mass is 338 g/mol. The fourth-order valence-corrected chi connectivity index (χ4v) is 2.47. The smallest absolute Gasteiger partial charge is 0.335 e. The number of carboxylic acids is 1. The molecule has 0 aliphatic heterocycles. The normalized spacial score (nSPS) is 12.5. The second-order valence-corrected chi connectivity index (χ2v) is 7.42. The minimum atomic E-state index is -0.934. The Labute approximate surface area is 149 Å². The Balaban J connectivity index is 2.26. The number of aromatic carboxylic acids is 1. The van der Waals surface area contributed by atoms with Crippen LogP contribution in [0.4, 0.5) is 5.69 Å². The fraction of sp³-hybridized carbons (Fsp3) is 0.333. The standard InChI is InChI=1S/C21H26N2O2/c1-14-5-7-15(8-6-14)18(13-19(22)21(2,3)4)23-17-11-9-16(10-12-17)20(24)25/h5-12,18,22-23H,13H2,1-4H3,(H,24,25). The third-order valence-electron chi connectivity index (χ3n) is 4.27. The van der Waals surface area contributed by atoms with E-state index in [-0.39, 0.29) is 17.0 Å². The van der Waals surface area contributed by atoms with Crippen molar-refractivity contribution >= 4 is 17.4 Å². The van der Waals surface area contributed by atoms with Gasteiger partial charge < -0.3 is 15.8 Å². The molecule has 25 heavy (non-hydrogen) atoms. The van der Waals surface area contributed by atoms with Gasteiger partial charge in [-0.1, -0.05) is 50.6 Å². The highest BCUT2D eigenvalue weighted by Gasteiger charge is 2.22. The van der Waals surface area contributed by atoms with E-state index in [1.54, 1.807) is 24.3 Å². The first-order chi connectivity index (χ1) is 11.7. The summed E-state index contributed by atoms with van der Waals surface area (Å²) in [5.74, 6) is -0.934. The molecule has 3 N–H and O–H groups in total. The van der Waals surface area contributed by atoms with Gasteiger partial charge in [-0.25, -0.2) is 4.79 Å². The zero-order valence-corrected chi connectivity index (χ0v) is 15.3. The largest absolute Gasteiger partial charge is 0.478 e. The molecule has 1 atom stereocenters. The van der Waals surface area contributed by atoms with Crippen molar-refractivity contribution in [1.29, 1.82) is 5.41 Å². The molecule has 1 unspecified atom stereocenters. The van der Waals surface area contributed by atoms with E-state index in [4.69, 9.17) is 10.5 Å². The zero-order valence-electron chi connectivity index (χ0n) is 15.3. The molecule has 0 amide bonds. The van der Waals surface area contributed by atoms with Crippen LogP contribution in [0.2, 0.25) is 0 Å². The third-order valence-corrected chi connectivity index (χ3v) is 4.27. The molecule has 0 saturated carbocycles. The minimum absolute atomic E-state index is 0.0389. The summed E-state index contributed by atoms with van der Waals surface area (Å²) in [6, 6.07) is 15.0. The summed E-state index contributed by atoms with van der Waals surface area (Å²) in [5, 5.41) is 20.9. The van der Waals surface area contributed by atoms with Crippen LogP contribution in [0.1, 0.15) is 54.7 Å². The Bertz CT molecular complexity index is 741. The van der Waals surface area contributed by atoms with Crippen molar-refractivity contribution in [2.45, 2.75) is 40.2 Å². The van der Waals surface area contributed by atoms with Gasteiger partial charge in [0.2, 0.25) is 0 Å². The van der Waals surface area contributed by atoms with Crippen LogP contribution in [0.3, 0.4) is 0 Å². The number of aryl methyl sites for hydroxylation is 1. The number of hydrogen-bond acceptors (Lipinski definition) is 3. The quantitative estimate of drug-likeness (QED) is 0.626. The van der Waals surface area contributed by atoms with E-state index in [1.165, 1.54) is 5.56 Å². The molecule has 0 fully saturated rings. The molecule has 4 nitrogen and oxygen atoms in total. The summed E-state index contributed by atoms with van der Waals surface area (Å²) in [4.78, 5) is 11.0. The molecular weight excluding hydrogens is 312 g/mol. The first-order valence-electron chi connectivity index (χ1n) is 8.41. The van der Waals surface area contributed by atoms with E-state index in [1.807, 2.05) is 27.7 Å². The topological polar surface area (TPSA) is 73.2 Å². The molecule has 0 bridgehead atoms. The van der Waals surface area contributed by atoms with E-state index >= 15 is 0 Å². The van der Waals surface area contributed by atoms with E-state index in [0.717, 1.165) is 11.3 Å². The summed E-state index contributed by atoms with van der Waals surface area (Å²) < 4.78 is 0. The van der Waals surface area contributed by atoms with Crippen LogP contribution in [0.5, 0.6) is 0 Å². The van der Waals surface area contributed by atoms with Crippen molar-refractivity contribution in [3.8, 4) is 0 Å². The van der Waals surface area contributed by atoms with Crippen molar-refractivity contribution in [3.05, 3.63) is 65.2 Å². The van der Waals surface area contributed by atoms with Crippen molar-refractivity contribution in [3.63, 3.8) is 0 Å². The summed E-state index contributed by atoms with van der Waals surface area (Å²) in [6.07, 6.45) is 0.591. The maximum atomic E-state index is 11.0. The van der Waals surface area contributed by atoms with E-state index in [9.17, 15) is 4.79 Å². The van der Waals surface area contributed by atoms with Crippen molar-refractivity contribution in [1.82, 2.24) is 0 Å². The predicted octanol–water partition coefficient (Wildman–Crippen LogP) is 5.30. The van der Waals surface area contributed by atoms with E-state index in [2.05, 4.69) is 29.6 Å². The first kappa shape index (κ1) is 18.7. The van der Waals surface area contributed by atoms with Crippen LogP contribution >= 0.6 is 0 Å². The molecule has 0 radical (unpaired) electrons. The molecule has 0 heterocycles. The lowest BCUT2D eigenvalue weighted by Gasteiger charge is -2.26. The number of carboxylic acid groups (broad SMARTS) is 1. The molecule has 2 aromatic rings. The SMILES string of the molecule is Cc1ccc(C(CC(=N)C(C)(C)C)Nc2ccc(C(=O)O)cc2)cc1. The van der Waals surface area contributed by atoms with Crippen LogP contribution < -0.4 is 5.32 Å². The summed E-state index contributed by atoms with van der Waals surface area (Å²) in [7, 11) is 0. The second-order valence-electron chi connectivity index (χ2n) is 7.42. The summed E-state index contributed by atoms with van der Waals surface area (Å²) in [5.41, 5.74) is 3.91. The lowest BCUT2D eigenvalue weighted by molar-refractivity contribution is 0.0697. The van der Waals surface area contributed by atoms with Gasteiger partial charge in [0.15, 0.2) is 0 Å². The number of anilines is 1. The molecule has 0 spiro atoms. The summed E-state index contributed by atoms with van der Waals surface area (Å²) in [6.45, 7) is 8.18. The first-order valence-corrected chi connectivity index (χ1v) is 8.41. The average Bonchev–Trinajstić information content (AvgIpc) is 2.54. The van der Waals surface area contributed by atoms with Crippen molar-refractivity contribution in [2.24, 2.45) is 5.41 Å². The van der Waals surface area contributed by atoms with Crippen LogP contribution in [0.25, 0.3) is 0 Å². The van der Waals surface area contributed by atoms with Gasteiger partial charge in [0, 0.05) is 17.8 Å². The number of carbonyl (C=O) groups is 1. The Morgan fingerprint density at radius 3 is 2.12 bits per heavy atom. The number of hydrogen-bond donors (Lipinski definition) is 3. The van der Waals surface area contributed by atoms with Crippen LogP contribution in [0, 0.1) is 17.7 Å². The third kappa shape index (κ3) is 5.18. The molecule has 132 valence electrons. The average molecular weight is 338 g/mol. The zero-order chi connectivity index (χ0) is 18.6. The molecular formula is C21H26N2O2. The van der Waals surface area contributed by atoms with Gasteiger partial charge >= 0.3 is 5.97 Å². The lowest BCUT2D eigenvalue weighted by Crippen LogP contribution is -2.24. The number of nitrogens with one attached hydrogen (secondary N) is 2. The van der Waals surface area contributed by atoms with Crippen molar-refractivity contribution < 1.29 is 9.90 Å². The van der Waals surface area contributed by atoms with Gasteiger partial charge in [-0.3, -0.25) is 0 Å². The molecule has 4 heteroatoms. The number of rotatable bonds is 6. The van der Waals surface area contributed by atoms with Crippen LogP contribution in [0.15, 0.2) is 48.5 Å². The molecule has 2 rings (SSSR count). The van der Waals surface area contributed by atoms with E-state index in [0.29, 0.717) is 12.1 Å². The van der Waals surface area contributed by atoms with Gasteiger partial charge in [-0.05, 0) is 42.2 Å². The minimum Gasteiger partial charge on any atom is -0.478 e. The maximum Gasteiger partial charge on any atom is 0.335 e. The Morgan fingerprint density at radius 2 is 1.64 bits per heavy atom. The van der Waals surface area contributed by atoms with Crippen molar-refractivity contribution in [2.75, 3.05) is 5.32 Å². The highest BCUT2D eigenvalue weighted by atomic mass is 16.4. The predicted molar refractivity (Wildman–Crippen MR) is 103 cm³/mol. The molecule has 2 aromatic carbocycles. The van der Waals surface area contributed by atoms with Crippen LogP contribution in [-0.4, -0.2) is 16.8 Å². The molecule has 0 aliphatic carbocycles. The summed E-state index contributed by atoms with van der Waals surface area (Å²) >= 11 is 0. The Kier molecular flexibility index (Phi) is 5.62. The van der Waals surface area contributed by atoms with Gasteiger partial charge in [0.05, 0.1) is 11.6 Å².